The molecule has 0 saturated carbocycles. The highest BCUT2D eigenvalue weighted by Gasteiger charge is 2.27. The summed E-state index contributed by atoms with van der Waals surface area (Å²) in [5, 5.41) is 3.57. The van der Waals surface area contributed by atoms with Crippen molar-refractivity contribution in [2.45, 2.75) is 66.8 Å². The van der Waals surface area contributed by atoms with Crippen LogP contribution in [0.5, 0.6) is 0 Å². The summed E-state index contributed by atoms with van der Waals surface area (Å²) in [6, 6.07) is 0.316. The maximum absolute atomic E-state index is 13.9. The highest BCUT2D eigenvalue weighted by Crippen LogP contribution is 2.32. The van der Waals surface area contributed by atoms with Gasteiger partial charge in [-0.3, -0.25) is 9.98 Å². The number of halogens is 1. The van der Waals surface area contributed by atoms with Crippen molar-refractivity contribution < 1.29 is 9.13 Å². The minimum absolute atomic E-state index is 0.0718. The van der Waals surface area contributed by atoms with Crippen LogP contribution in [-0.4, -0.2) is 50.9 Å². The number of allylic oxidation sites excluding steroid dienone is 3. The Morgan fingerprint density at radius 3 is 2.03 bits per heavy atom. The van der Waals surface area contributed by atoms with Crippen LogP contribution in [0.2, 0.25) is 0 Å². The number of methoxy groups -OCH3 is 1. The maximum Gasteiger partial charge on any atom is 0.170 e. The van der Waals surface area contributed by atoms with Gasteiger partial charge in [-0.05, 0) is 37.2 Å². The average molecular weight is 437 g/mol. The van der Waals surface area contributed by atoms with E-state index in [0.717, 1.165) is 30.7 Å². The molecule has 0 saturated heterocycles. The number of nitrogens with one attached hydrogen (secondary N) is 1. The minimum Gasteiger partial charge on any atom is -0.498 e. The molecule has 6 heteroatoms. The number of nitrogens with zero attached hydrogens (tertiary/aromatic N) is 3. The summed E-state index contributed by atoms with van der Waals surface area (Å²) in [4.78, 5) is 10.9. The molecule has 0 aliphatic carbocycles. The number of hydrogen-bond acceptors (Lipinski definition) is 3. The molecule has 0 aromatic carbocycles. The van der Waals surface area contributed by atoms with Crippen LogP contribution in [0.4, 0.5) is 4.39 Å². The maximum atomic E-state index is 13.9. The van der Waals surface area contributed by atoms with Gasteiger partial charge in [-0.25, -0.2) is 4.39 Å². The molecule has 0 bridgehead atoms. The summed E-state index contributed by atoms with van der Waals surface area (Å²) in [6.45, 7) is 20.5. The van der Waals surface area contributed by atoms with Crippen molar-refractivity contribution >= 4 is 11.7 Å². The van der Waals surface area contributed by atoms with Gasteiger partial charge in [0.2, 0.25) is 0 Å². The van der Waals surface area contributed by atoms with E-state index in [-0.39, 0.29) is 17.7 Å². The van der Waals surface area contributed by atoms with E-state index in [1.54, 1.807) is 14.1 Å². The molecule has 178 valence electrons. The lowest BCUT2D eigenvalue weighted by Gasteiger charge is -2.31. The number of ether oxygens (including phenoxy) is 1. The molecule has 0 radical (unpaired) electrons. The quantitative estimate of drug-likeness (QED) is 0.188. The number of aliphatic imine (C=N–C) groups is 2. The number of amidine groups is 2. The summed E-state index contributed by atoms with van der Waals surface area (Å²) >= 11 is 0. The zero-order valence-electron chi connectivity index (χ0n) is 21.5. The van der Waals surface area contributed by atoms with Crippen LogP contribution in [0, 0.1) is 17.8 Å². The smallest absolute Gasteiger partial charge is 0.170 e. The van der Waals surface area contributed by atoms with Crippen molar-refractivity contribution in [1.29, 1.82) is 0 Å². The van der Waals surface area contributed by atoms with Crippen LogP contribution < -0.4 is 5.32 Å². The van der Waals surface area contributed by atoms with Crippen LogP contribution in [0.25, 0.3) is 0 Å². The van der Waals surface area contributed by atoms with Gasteiger partial charge in [-0.15, -0.1) is 0 Å². The Morgan fingerprint density at radius 2 is 1.65 bits per heavy atom. The Morgan fingerprint density at radius 1 is 1.06 bits per heavy atom. The molecule has 0 aromatic heterocycles. The van der Waals surface area contributed by atoms with Gasteiger partial charge in [0.1, 0.15) is 11.6 Å². The van der Waals surface area contributed by atoms with Gasteiger partial charge in [-0.2, -0.15) is 0 Å². The van der Waals surface area contributed by atoms with Crippen molar-refractivity contribution in [3.8, 4) is 0 Å². The fraction of sp³-hybridized carbons (Fsp3) is 0.680. The molecular weight excluding hydrogens is 391 g/mol. The van der Waals surface area contributed by atoms with E-state index >= 15 is 0 Å². The molecule has 4 atom stereocenters. The first-order chi connectivity index (χ1) is 14.5. The topological polar surface area (TPSA) is 49.2 Å². The second-order valence-corrected chi connectivity index (χ2v) is 8.33. The summed E-state index contributed by atoms with van der Waals surface area (Å²) in [7, 11) is 6.91. The molecule has 0 aliphatic heterocycles. The molecular formula is C25H45FN4O. The predicted molar refractivity (Wildman–Crippen MR) is 133 cm³/mol. The summed E-state index contributed by atoms with van der Waals surface area (Å²) in [5.41, 5.74) is 1.51. The fourth-order valence-corrected chi connectivity index (χ4v) is 3.59. The Kier molecular flexibility index (Phi) is 13.1. The lowest BCUT2D eigenvalue weighted by molar-refractivity contribution is 0.213. The summed E-state index contributed by atoms with van der Waals surface area (Å²) in [5.74, 6) is 1.83. The molecule has 31 heavy (non-hydrogen) atoms. The molecule has 0 heterocycles. The van der Waals surface area contributed by atoms with Crippen LogP contribution in [0.3, 0.4) is 0 Å². The van der Waals surface area contributed by atoms with Crippen LogP contribution >= 0.6 is 0 Å². The van der Waals surface area contributed by atoms with Crippen molar-refractivity contribution in [2.75, 3.05) is 28.3 Å². The number of hydrogen-bond donors (Lipinski definition) is 1. The SMILES string of the molecule is C=C(C(=C)N(C)C(=N\C)/C(=N\C)NC(CC)CC(C)CC)C(C)[C@@H](C)/C(OC)=C(\C)F. The van der Waals surface area contributed by atoms with E-state index < -0.39 is 0 Å². The van der Waals surface area contributed by atoms with Crippen LogP contribution in [0.1, 0.15) is 60.8 Å². The standard InChI is InChI=1S/C25H45FN4O/c1-13-16(3)15-22(14-2)29-24(27-9)25(28-10)30(11)21(8)18(5)17(4)19(6)23(31-12)20(7)26/h16-17,19,22H,5,8,13-15H2,1-4,6-7,9-12H3,(H,27,29)/b23-20-,28-25-/t16?,17?,19-,22?/m1/s1. The molecule has 0 aliphatic rings. The zero-order valence-corrected chi connectivity index (χ0v) is 21.5. The third-order valence-corrected chi connectivity index (χ3v) is 6.23. The van der Waals surface area contributed by atoms with Gasteiger partial charge in [0.05, 0.1) is 7.11 Å². The van der Waals surface area contributed by atoms with E-state index in [0.29, 0.717) is 29.3 Å². The molecule has 1 N–H and O–H groups in total. The van der Waals surface area contributed by atoms with E-state index in [2.05, 4.69) is 49.2 Å². The normalized spacial score (nSPS) is 17.3. The van der Waals surface area contributed by atoms with Gasteiger partial charge in [0.25, 0.3) is 0 Å². The molecule has 3 unspecified atom stereocenters. The monoisotopic (exact) mass is 436 g/mol. The number of likely N-dealkylation sites (N-methyl/N-ethyl adjacent to an activating group) is 1. The largest absolute Gasteiger partial charge is 0.498 e. The molecule has 0 amide bonds. The molecule has 5 nitrogen and oxygen atoms in total. The first-order valence-electron chi connectivity index (χ1n) is 11.2. The van der Waals surface area contributed by atoms with Gasteiger partial charge in [0.15, 0.2) is 11.7 Å². The first-order valence-corrected chi connectivity index (χ1v) is 11.2. The zero-order chi connectivity index (χ0) is 24.3. The third-order valence-electron chi connectivity index (χ3n) is 6.23. The van der Waals surface area contributed by atoms with Crippen molar-refractivity contribution in [3.05, 3.63) is 36.0 Å². The Labute approximate surface area is 190 Å². The summed E-state index contributed by atoms with van der Waals surface area (Å²) in [6.07, 6.45) is 3.22. The molecule has 0 rings (SSSR count). The van der Waals surface area contributed by atoms with Gasteiger partial charge in [0, 0.05) is 38.8 Å². The highest BCUT2D eigenvalue weighted by molar-refractivity contribution is 6.40. The lowest BCUT2D eigenvalue weighted by atomic mass is 9.86. The summed E-state index contributed by atoms with van der Waals surface area (Å²) < 4.78 is 19.1. The van der Waals surface area contributed by atoms with E-state index in [9.17, 15) is 4.39 Å². The lowest BCUT2D eigenvalue weighted by Crippen LogP contribution is -2.46. The van der Waals surface area contributed by atoms with Gasteiger partial charge in [-0.1, -0.05) is 54.2 Å². The second-order valence-electron chi connectivity index (χ2n) is 8.33. The molecule has 0 spiro atoms. The molecule has 0 fully saturated rings. The second kappa shape index (κ2) is 14.0. The van der Waals surface area contributed by atoms with E-state index in [1.807, 2.05) is 25.8 Å². The van der Waals surface area contributed by atoms with Crippen molar-refractivity contribution in [2.24, 2.45) is 27.7 Å². The predicted octanol–water partition coefficient (Wildman–Crippen LogP) is 5.97. The van der Waals surface area contributed by atoms with Gasteiger partial charge >= 0.3 is 0 Å². The van der Waals surface area contributed by atoms with Crippen LogP contribution in [0.15, 0.2) is 46.0 Å². The first kappa shape index (κ1) is 28.9. The minimum atomic E-state index is -0.319. The highest BCUT2D eigenvalue weighted by atomic mass is 19.1. The fourth-order valence-electron chi connectivity index (χ4n) is 3.59. The molecule has 0 aromatic rings. The average Bonchev–Trinajstić information content (AvgIpc) is 2.75. The van der Waals surface area contributed by atoms with Crippen LogP contribution in [-0.2, 0) is 4.74 Å². The third kappa shape index (κ3) is 8.15. The van der Waals surface area contributed by atoms with E-state index in [4.69, 9.17) is 4.74 Å². The Bertz CT molecular complexity index is 692. The Hall–Kier alpha value is -2.11. The van der Waals surface area contributed by atoms with E-state index in [1.165, 1.54) is 14.0 Å². The Balaban J connectivity index is 5.57. The van der Waals surface area contributed by atoms with Crippen molar-refractivity contribution in [1.82, 2.24) is 10.2 Å². The van der Waals surface area contributed by atoms with Gasteiger partial charge < -0.3 is 15.0 Å². The number of rotatable bonds is 11. The van der Waals surface area contributed by atoms with Crippen molar-refractivity contribution in [3.63, 3.8) is 0 Å².